The summed E-state index contributed by atoms with van der Waals surface area (Å²) in [5.41, 5.74) is 3.62. The molecule has 0 spiro atoms. The summed E-state index contributed by atoms with van der Waals surface area (Å²) in [6.07, 6.45) is -4.99. The van der Waals surface area contributed by atoms with Gasteiger partial charge in [0.2, 0.25) is 5.91 Å². The molecule has 6 rings (SSSR count). The number of halogens is 7. The molecule has 1 aliphatic heterocycles. The van der Waals surface area contributed by atoms with E-state index >= 15 is 4.39 Å². The fourth-order valence-electron chi connectivity index (χ4n) is 5.65. The molecule has 0 bridgehead atoms. The van der Waals surface area contributed by atoms with E-state index < -0.39 is 52.4 Å². The monoisotopic (exact) mass is 704 g/mol. The Bertz CT molecular complexity index is 2030. The van der Waals surface area contributed by atoms with Gasteiger partial charge in [0.25, 0.3) is 5.91 Å². The first kappa shape index (κ1) is 30.5. The lowest BCUT2D eigenvalue weighted by molar-refractivity contribution is -0.137. The highest BCUT2D eigenvalue weighted by atomic mass is 79.9. The first-order valence-corrected chi connectivity index (χ1v) is 14.3. The SMILES string of the molecule is COc1ccc(CN2C(=O)c3c(c(-c4c(F)cc(C(F)(F)F)cc4C(N)=O)cc4c(Br)n[nH]c34)C2c2cc(F)ccc2Cl)cc1. The van der Waals surface area contributed by atoms with Gasteiger partial charge < -0.3 is 15.4 Å². The summed E-state index contributed by atoms with van der Waals surface area (Å²) in [6, 6.07) is 11.2. The molecule has 45 heavy (non-hydrogen) atoms. The van der Waals surface area contributed by atoms with Crippen LogP contribution in [0.2, 0.25) is 5.02 Å². The normalized spacial score (nSPS) is 14.7. The van der Waals surface area contributed by atoms with E-state index in [2.05, 4.69) is 26.1 Å². The lowest BCUT2D eigenvalue weighted by Gasteiger charge is -2.28. The number of benzene rings is 4. The molecule has 2 amide bonds. The Hall–Kier alpha value is -4.49. The van der Waals surface area contributed by atoms with Crippen LogP contribution >= 0.6 is 27.5 Å². The van der Waals surface area contributed by atoms with Crippen molar-refractivity contribution >= 4 is 50.2 Å². The zero-order valence-electron chi connectivity index (χ0n) is 22.9. The van der Waals surface area contributed by atoms with Crippen LogP contribution in [0, 0.1) is 11.6 Å². The fraction of sp³-hybridized carbons (Fsp3) is 0.129. The number of nitrogens with two attached hydrogens (primary N) is 1. The second-order valence-corrected chi connectivity index (χ2v) is 11.4. The number of ether oxygens (including phenoxy) is 1. The van der Waals surface area contributed by atoms with Crippen LogP contribution in [0.4, 0.5) is 22.0 Å². The Morgan fingerprint density at radius 1 is 1.09 bits per heavy atom. The number of amides is 2. The number of fused-ring (bicyclic) bond motifs is 3. The molecule has 0 saturated carbocycles. The maximum absolute atomic E-state index is 15.9. The number of primary amides is 1. The molecule has 0 aliphatic carbocycles. The number of carbonyl (C=O) groups is 2. The smallest absolute Gasteiger partial charge is 0.416 e. The molecule has 4 aromatic carbocycles. The van der Waals surface area contributed by atoms with Crippen molar-refractivity contribution in [2.75, 3.05) is 7.11 Å². The minimum Gasteiger partial charge on any atom is -0.497 e. The Labute approximate surface area is 264 Å². The lowest BCUT2D eigenvalue weighted by atomic mass is 9.85. The van der Waals surface area contributed by atoms with Gasteiger partial charge in [-0.25, -0.2) is 8.78 Å². The number of aromatic amines is 1. The minimum absolute atomic E-state index is 0.0192. The van der Waals surface area contributed by atoms with Gasteiger partial charge in [-0.1, -0.05) is 23.7 Å². The molecule has 0 radical (unpaired) electrons. The molecule has 14 heteroatoms. The fourth-order valence-corrected chi connectivity index (χ4v) is 6.27. The largest absolute Gasteiger partial charge is 0.497 e. The van der Waals surface area contributed by atoms with Crippen molar-refractivity contribution in [1.29, 1.82) is 0 Å². The lowest BCUT2D eigenvalue weighted by Crippen LogP contribution is -2.28. The second kappa shape index (κ2) is 11.1. The third kappa shape index (κ3) is 5.19. The standard InChI is InChI=1S/C31H19BrClF5N4O3/c1-45-16-5-2-13(3-6-16)12-42-27(17-10-15(34)4-7-21(17)33)24-18(11-20-26(25(24)30(42)44)40-41-28(20)32)23-19(29(39)43)8-14(9-22(23)35)31(36,37)38/h2-11,27H,12H2,1H3,(H2,39,43)(H,40,41). The van der Waals surface area contributed by atoms with E-state index in [1.165, 1.54) is 24.1 Å². The quantitative estimate of drug-likeness (QED) is 0.176. The number of methoxy groups -OCH3 is 1. The molecule has 1 atom stereocenters. The molecule has 230 valence electrons. The number of nitrogens with one attached hydrogen (secondary N) is 1. The van der Waals surface area contributed by atoms with Crippen molar-refractivity contribution in [2.24, 2.45) is 5.73 Å². The van der Waals surface area contributed by atoms with Crippen LogP contribution in [0.25, 0.3) is 22.0 Å². The molecular formula is C31H19BrClF5N4O3. The third-order valence-corrected chi connectivity index (χ3v) is 8.58. The number of alkyl halides is 3. The van der Waals surface area contributed by atoms with Gasteiger partial charge in [-0.05, 0) is 75.6 Å². The van der Waals surface area contributed by atoms with Crippen LogP contribution in [0.5, 0.6) is 5.75 Å². The molecule has 7 nitrogen and oxygen atoms in total. The van der Waals surface area contributed by atoms with E-state index in [9.17, 15) is 27.2 Å². The number of hydrogen-bond acceptors (Lipinski definition) is 4. The summed E-state index contributed by atoms with van der Waals surface area (Å²) >= 11 is 9.87. The zero-order valence-corrected chi connectivity index (χ0v) is 25.2. The van der Waals surface area contributed by atoms with Gasteiger partial charge in [-0.2, -0.15) is 18.3 Å². The number of aromatic nitrogens is 2. The Morgan fingerprint density at radius 2 is 1.80 bits per heavy atom. The molecule has 2 heterocycles. The molecule has 5 aromatic rings. The molecule has 1 aromatic heterocycles. The first-order chi connectivity index (χ1) is 21.3. The van der Waals surface area contributed by atoms with Crippen LogP contribution in [0.3, 0.4) is 0 Å². The average Bonchev–Trinajstić information content (AvgIpc) is 3.50. The van der Waals surface area contributed by atoms with E-state index in [0.717, 1.165) is 12.1 Å². The summed E-state index contributed by atoms with van der Waals surface area (Å²) in [7, 11) is 1.49. The zero-order chi connectivity index (χ0) is 32.4. The number of hydrogen-bond donors (Lipinski definition) is 2. The van der Waals surface area contributed by atoms with Crippen LogP contribution in [-0.2, 0) is 12.7 Å². The van der Waals surface area contributed by atoms with Crippen molar-refractivity contribution in [2.45, 2.75) is 18.8 Å². The third-order valence-electron chi connectivity index (χ3n) is 7.63. The number of H-pyrrole nitrogens is 1. The topological polar surface area (TPSA) is 101 Å². The van der Waals surface area contributed by atoms with Crippen molar-refractivity contribution in [3.05, 3.63) is 115 Å². The highest BCUT2D eigenvalue weighted by molar-refractivity contribution is 9.10. The Kier molecular flexibility index (Phi) is 7.56. The second-order valence-electron chi connectivity index (χ2n) is 10.2. The van der Waals surface area contributed by atoms with Crippen LogP contribution in [-0.4, -0.2) is 34.0 Å². The highest BCUT2D eigenvalue weighted by Crippen LogP contribution is 2.50. The maximum Gasteiger partial charge on any atom is 0.416 e. The van der Waals surface area contributed by atoms with Crippen molar-refractivity contribution in [3.8, 4) is 16.9 Å². The maximum atomic E-state index is 15.9. The summed E-state index contributed by atoms with van der Waals surface area (Å²) in [4.78, 5) is 28.3. The molecule has 1 aliphatic rings. The summed E-state index contributed by atoms with van der Waals surface area (Å²) in [5, 5.41) is 7.21. The van der Waals surface area contributed by atoms with Crippen molar-refractivity contribution in [1.82, 2.24) is 15.1 Å². The van der Waals surface area contributed by atoms with E-state index in [0.29, 0.717) is 17.4 Å². The predicted molar refractivity (Wildman–Crippen MR) is 159 cm³/mol. The number of carbonyl (C=O) groups excluding carboxylic acids is 2. The van der Waals surface area contributed by atoms with Gasteiger partial charge >= 0.3 is 6.18 Å². The number of rotatable bonds is 6. The van der Waals surface area contributed by atoms with Gasteiger partial charge in [0.15, 0.2) is 0 Å². The molecule has 0 fully saturated rings. The number of nitrogens with zero attached hydrogens (tertiary/aromatic N) is 2. The minimum atomic E-state index is -4.99. The van der Waals surface area contributed by atoms with Gasteiger partial charge in [0, 0.05) is 33.6 Å². The summed E-state index contributed by atoms with van der Waals surface area (Å²) in [5.74, 6) is -3.48. The summed E-state index contributed by atoms with van der Waals surface area (Å²) < 4.78 is 77.1. The highest BCUT2D eigenvalue weighted by Gasteiger charge is 2.44. The molecular weight excluding hydrogens is 687 g/mol. The van der Waals surface area contributed by atoms with Gasteiger partial charge in [-0.3, -0.25) is 14.7 Å². The van der Waals surface area contributed by atoms with Gasteiger partial charge in [-0.15, -0.1) is 0 Å². The molecule has 3 N–H and O–H groups in total. The first-order valence-electron chi connectivity index (χ1n) is 13.1. The van der Waals surface area contributed by atoms with Crippen molar-refractivity contribution in [3.63, 3.8) is 0 Å². The van der Waals surface area contributed by atoms with E-state index in [4.69, 9.17) is 22.1 Å². The van der Waals surface area contributed by atoms with Gasteiger partial charge in [0.1, 0.15) is 22.0 Å². The van der Waals surface area contributed by atoms with E-state index in [1.54, 1.807) is 24.3 Å². The van der Waals surface area contributed by atoms with E-state index in [-0.39, 0.29) is 55.4 Å². The average molecular weight is 706 g/mol. The van der Waals surface area contributed by atoms with Crippen LogP contribution in [0.15, 0.2) is 65.3 Å². The van der Waals surface area contributed by atoms with Crippen LogP contribution in [0.1, 0.15) is 49.0 Å². The molecule has 1 unspecified atom stereocenters. The molecule has 0 saturated heterocycles. The predicted octanol–water partition coefficient (Wildman–Crippen LogP) is 7.80. The van der Waals surface area contributed by atoms with Crippen molar-refractivity contribution < 1.29 is 36.3 Å². The Morgan fingerprint density at radius 3 is 2.44 bits per heavy atom. The van der Waals surface area contributed by atoms with Crippen LogP contribution < -0.4 is 10.5 Å². The van der Waals surface area contributed by atoms with E-state index in [1.807, 2.05) is 0 Å². The van der Waals surface area contributed by atoms with Gasteiger partial charge in [0.05, 0.1) is 35.4 Å². The summed E-state index contributed by atoms with van der Waals surface area (Å²) in [6.45, 7) is -0.0522. The Balaban J connectivity index is 1.70.